The summed E-state index contributed by atoms with van der Waals surface area (Å²) in [5.74, 6) is -2.41. The minimum absolute atomic E-state index is 0.0716. The van der Waals surface area contributed by atoms with Gasteiger partial charge in [0.05, 0.1) is 6.42 Å². The molecule has 0 radical (unpaired) electrons. The van der Waals surface area contributed by atoms with Crippen molar-refractivity contribution in [3.63, 3.8) is 0 Å². The Hall–Kier alpha value is -1.96. The summed E-state index contributed by atoms with van der Waals surface area (Å²) >= 11 is 0. The summed E-state index contributed by atoms with van der Waals surface area (Å²) in [5.41, 5.74) is 0. The molecule has 0 bridgehead atoms. The van der Waals surface area contributed by atoms with Crippen molar-refractivity contribution in [1.82, 2.24) is 10.2 Å². The third kappa shape index (κ3) is 3.05. The van der Waals surface area contributed by atoms with Gasteiger partial charge in [-0.05, 0) is 26.7 Å². The second-order valence-electron chi connectivity index (χ2n) is 5.49. The van der Waals surface area contributed by atoms with E-state index in [1.807, 2.05) is 0 Å². The SMILES string of the molecule is CC(C)N1C(=O)CC(NC(=O)[C@@H]2CC[C@H](C(=O)O)O2)C1=O. The lowest BCUT2D eigenvalue weighted by atomic mass is 10.1. The average molecular weight is 298 g/mol. The third-order valence-electron chi connectivity index (χ3n) is 3.60. The molecule has 2 fully saturated rings. The highest BCUT2D eigenvalue weighted by molar-refractivity contribution is 6.07. The molecule has 3 atom stereocenters. The van der Waals surface area contributed by atoms with Crippen molar-refractivity contribution in [2.24, 2.45) is 0 Å². The molecule has 8 heteroatoms. The molecule has 0 saturated carbocycles. The number of carboxylic acid groups (broad SMARTS) is 1. The number of aliphatic carboxylic acids is 1. The normalized spacial score (nSPS) is 29.3. The van der Waals surface area contributed by atoms with Gasteiger partial charge in [-0.1, -0.05) is 0 Å². The molecule has 3 amide bonds. The quantitative estimate of drug-likeness (QED) is 0.662. The van der Waals surface area contributed by atoms with E-state index in [2.05, 4.69) is 5.32 Å². The fourth-order valence-electron chi connectivity index (χ4n) is 2.58. The van der Waals surface area contributed by atoms with Gasteiger partial charge in [0.25, 0.3) is 5.91 Å². The molecule has 0 aromatic rings. The van der Waals surface area contributed by atoms with E-state index in [4.69, 9.17) is 9.84 Å². The number of ether oxygens (including phenoxy) is 1. The maximum absolute atomic E-state index is 12.0. The maximum atomic E-state index is 12.0. The second kappa shape index (κ2) is 5.80. The third-order valence-corrected chi connectivity index (χ3v) is 3.60. The molecule has 2 N–H and O–H groups in total. The van der Waals surface area contributed by atoms with Gasteiger partial charge in [0, 0.05) is 6.04 Å². The molecule has 2 aliphatic heterocycles. The van der Waals surface area contributed by atoms with Crippen LogP contribution in [-0.2, 0) is 23.9 Å². The van der Waals surface area contributed by atoms with Crippen LogP contribution in [0.5, 0.6) is 0 Å². The van der Waals surface area contributed by atoms with E-state index in [0.29, 0.717) is 0 Å². The number of amides is 3. The summed E-state index contributed by atoms with van der Waals surface area (Å²) < 4.78 is 5.11. The monoisotopic (exact) mass is 298 g/mol. The fraction of sp³-hybridized carbons (Fsp3) is 0.692. The van der Waals surface area contributed by atoms with Crippen molar-refractivity contribution in [3.8, 4) is 0 Å². The Morgan fingerprint density at radius 1 is 1.29 bits per heavy atom. The summed E-state index contributed by atoms with van der Waals surface area (Å²) in [6.45, 7) is 3.44. The predicted octanol–water partition coefficient (Wildman–Crippen LogP) is -0.729. The molecule has 1 unspecified atom stereocenters. The van der Waals surface area contributed by atoms with Gasteiger partial charge in [-0.25, -0.2) is 4.79 Å². The Balaban J connectivity index is 1.94. The summed E-state index contributed by atoms with van der Waals surface area (Å²) in [4.78, 5) is 47.6. The molecule has 0 aromatic carbocycles. The number of nitrogens with zero attached hydrogens (tertiary/aromatic N) is 1. The molecular weight excluding hydrogens is 280 g/mol. The molecule has 2 aliphatic rings. The lowest BCUT2D eigenvalue weighted by molar-refractivity contribution is -0.152. The van der Waals surface area contributed by atoms with E-state index in [1.165, 1.54) is 0 Å². The molecule has 2 rings (SSSR count). The first-order valence-corrected chi connectivity index (χ1v) is 6.85. The van der Waals surface area contributed by atoms with Crippen molar-refractivity contribution >= 4 is 23.7 Å². The first-order chi connectivity index (χ1) is 9.81. The highest BCUT2D eigenvalue weighted by atomic mass is 16.5. The predicted molar refractivity (Wildman–Crippen MR) is 69.1 cm³/mol. The van der Waals surface area contributed by atoms with Crippen LogP contribution in [0, 0.1) is 0 Å². The van der Waals surface area contributed by atoms with Gasteiger partial charge < -0.3 is 15.2 Å². The van der Waals surface area contributed by atoms with Crippen molar-refractivity contribution in [2.75, 3.05) is 0 Å². The van der Waals surface area contributed by atoms with E-state index >= 15 is 0 Å². The zero-order valence-electron chi connectivity index (χ0n) is 11.9. The minimum atomic E-state index is -1.11. The van der Waals surface area contributed by atoms with Crippen LogP contribution < -0.4 is 5.32 Å². The molecule has 8 nitrogen and oxygen atoms in total. The number of carboxylic acids is 1. The zero-order valence-corrected chi connectivity index (χ0v) is 11.9. The summed E-state index contributed by atoms with van der Waals surface area (Å²) in [5, 5.41) is 11.3. The smallest absolute Gasteiger partial charge is 0.332 e. The van der Waals surface area contributed by atoms with Gasteiger partial charge in [0.1, 0.15) is 12.1 Å². The Kier molecular flexibility index (Phi) is 4.26. The lowest BCUT2D eigenvalue weighted by Gasteiger charge is -2.19. The van der Waals surface area contributed by atoms with Crippen molar-refractivity contribution < 1.29 is 29.0 Å². The zero-order chi connectivity index (χ0) is 15.7. The van der Waals surface area contributed by atoms with Crippen LogP contribution in [0.4, 0.5) is 0 Å². The van der Waals surface area contributed by atoms with Crippen molar-refractivity contribution in [1.29, 1.82) is 0 Å². The molecule has 116 valence electrons. The molecule has 2 saturated heterocycles. The van der Waals surface area contributed by atoms with Gasteiger partial charge in [0.2, 0.25) is 11.8 Å². The number of rotatable bonds is 4. The molecule has 21 heavy (non-hydrogen) atoms. The number of hydrogen-bond donors (Lipinski definition) is 2. The van der Waals surface area contributed by atoms with Gasteiger partial charge in [-0.15, -0.1) is 0 Å². The first kappa shape index (κ1) is 15.4. The number of carbonyl (C=O) groups is 4. The van der Waals surface area contributed by atoms with Crippen LogP contribution in [-0.4, -0.2) is 58.0 Å². The van der Waals surface area contributed by atoms with E-state index < -0.39 is 36.0 Å². The Morgan fingerprint density at radius 2 is 1.90 bits per heavy atom. The Bertz CT molecular complexity index is 489. The van der Waals surface area contributed by atoms with Crippen LogP contribution >= 0.6 is 0 Å². The molecule has 0 spiro atoms. The molecule has 0 aliphatic carbocycles. The van der Waals surface area contributed by atoms with Gasteiger partial charge >= 0.3 is 5.97 Å². The lowest BCUT2D eigenvalue weighted by Crippen LogP contribution is -2.47. The molecule has 2 heterocycles. The highest BCUT2D eigenvalue weighted by Crippen LogP contribution is 2.21. The summed E-state index contributed by atoms with van der Waals surface area (Å²) in [6, 6.07) is -1.15. The number of nitrogens with one attached hydrogen (secondary N) is 1. The fourth-order valence-corrected chi connectivity index (χ4v) is 2.58. The number of carbonyl (C=O) groups excluding carboxylic acids is 3. The molecule has 0 aromatic heterocycles. The number of hydrogen-bond acceptors (Lipinski definition) is 5. The standard InChI is InChI=1S/C13H18N2O6/c1-6(2)15-10(16)5-7(12(15)18)14-11(17)8-3-4-9(21-8)13(19)20/h6-9H,3-5H2,1-2H3,(H,14,17)(H,19,20)/t7?,8-,9+/m0/s1. The van der Waals surface area contributed by atoms with E-state index in [1.54, 1.807) is 13.8 Å². The van der Waals surface area contributed by atoms with Crippen LogP contribution in [0.1, 0.15) is 33.1 Å². The van der Waals surface area contributed by atoms with E-state index in [-0.39, 0.29) is 31.2 Å². The van der Waals surface area contributed by atoms with Crippen LogP contribution in [0.3, 0.4) is 0 Å². The Morgan fingerprint density at radius 3 is 2.38 bits per heavy atom. The number of likely N-dealkylation sites (tertiary alicyclic amines) is 1. The highest BCUT2D eigenvalue weighted by Gasteiger charge is 2.42. The Labute approximate surface area is 121 Å². The largest absolute Gasteiger partial charge is 0.479 e. The van der Waals surface area contributed by atoms with E-state index in [9.17, 15) is 19.2 Å². The second-order valence-corrected chi connectivity index (χ2v) is 5.49. The van der Waals surface area contributed by atoms with Crippen LogP contribution in [0.25, 0.3) is 0 Å². The molecular formula is C13H18N2O6. The van der Waals surface area contributed by atoms with E-state index in [0.717, 1.165) is 4.90 Å². The number of imide groups is 1. The van der Waals surface area contributed by atoms with Crippen LogP contribution in [0.2, 0.25) is 0 Å². The van der Waals surface area contributed by atoms with Gasteiger partial charge in [-0.2, -0.15) is 0 Å². The summed E-state index contributed by atoms with van der Waals surface area (Å²) in [6.07, 6.45) is -1.41. The topological polar surface area (TPSA) is 113 Å². The minimum Gasteiger partial charge on any atom is -0.479 e. The maximum Gasteiger partial charge on any atom is 0.332 e. The summed E-state index contributed by atoms with van der Waals surface area (Å²) in [7, 11) is 0. The van der Waals surface area contributed by atoms with Crippen LogP contribution in [0.15, 0.2) is 0 Å². The van der Waals surface area contributed by atoms with Crippen molar-refractivity contribution in [3.05, 3.63) is 0 Å². The van der Waals surface area contributed by atoms with Gasteiger partial charge in [0.15, 0.2) is 6.10 Å². The average Bonchev–Trinajstić information content (AvgIpc) is 2.95. The van der Waals surface area contributed by atoms with Crippen molar-refractivity contribution in [2.45, 2.75) is 57.4 Å². The van der Waals surface area contributed by atoms with Gasteiger partial charge in [-0.3, -0.25) is 19.3 Å². The first-order valence-electron chi connectivity index (χ1n) is 6.85.